The fraction of sp³-hybridized carbons (Fsp3) is 0.647. The Kier molecular flexibility index (Phi) is 4.30. The van der Waals surface area contributed by atoms with Gasteiger partial charge in [0.1, 0.15) is 12.1 Å². The maximum Gasteiger partial charge on any atom is 0.325 e. The highest BCUT2D eigenvalue weighted by molar-refractivity contribution is 6.10. The highest BCUT2D eigenvalue weighted by Gasteiger charge is 2.55. The first-order valence-corrected chi connectivity index (χ1v) is 8.70. The largest absolute Gasteiger partial charge is 0.325 e. The number of anilines is 1. The van der Waals surface area contributed by atoms with Gasteiger partial charge < -0.3 is 10.6 Å². The van der Waals surface area contributed by atoms with Gasteiger partial charge in [0, 0.05) is 7.05 Å². The molecule has 1 saturated carbocycles. The van der Waals surface area contributed by atoms with E-state index in [-0.39, 0.29) is 18.4 Å². The molecule has 8 heteroatoms. The third kappa shape index (κ3) is 2.79. The maximum atomic E-state index is 12.9. The van der Waals surface area contributed by atoms with Crippen LogP contribution < -0.4 is 10.6 Å². The molecular formula is C17H25N5O3. The summed E-state index contributed by atoms with van der Waals surface area (Å²) in [4.78, 5) is 38.6. The highest BCUT2D eigenvalue weighted by atomic mass is 16.2. The van der Waals surface area contributed by atoms with E-state index in [1.807, 2.05) is 13.8 Å². The predicted molar refractivity (Wildman–Crippen MR) is 91.9 cm³/mol. The van der Waals surface area contributed by atoms with Crippen LogP contribution in [0.25, 0.3) is 0 Å². The molecule has 8 nitrogen and oxygen atoms in total. The molecule has 0 aromatic carbocycles. The lowest BCUT2D eigenvalue weighted by molar-refractivity contribution is -0.136. The van der Waals surface area contributed by atoms with Crippen molar-refractivity contribution in [2.45, 2.75) is 52.0 Å². The van der Waals surface area contributed by atoms with Gasteiger partial charge >= 0.3 is 6.03 Å². The first kappa shape index (κ1) is 17.4. The Morgan fingerprint density at radius 2 is 2.08 bits per heavy atom. The topological polar surface area (TPSA) is 96.3 Å². The molecule has 0 unspecified atom stereocenters. The number of amides is 4. The van der Waals surface area contributed by atoms with E-state index in [1.54, 1.807) is 18.7 Å². The Bertz CT molecular complexity index is 741. The van der Waals surface area contributed by atoms with Crippen LogP contribution >= 0.6 is 0 Å². The number of nitrogens with zero attached hydrogens (tertiary/aromatic N) is 3. The first-order chi connectivity index (χ1) is 11.8. The monoisotopic (exact) mass is 347 g/mol. The number of urea groups is 1. The van der Waals surface area contributed by atoms with Crippen molar-refractivity contribution in [1.29, 1.82) is 0 Å². The molecule has 1 saturated heterocycles. The van der Waals surface area contributed by atoms with E-state index in [9.17, 15) is 14.4 Å². The van der Waals surface area contributed by atoms with Crippen molar-refractivity contribution < 1.29 is 14.4 Å². The van der Waals surface area contributed by atoms with Gasteiger partial charge in [0.25, 0.3) is 5.91 Å². The van der Waals surface area contributed by atoms with Crippen molar-refractivity contribution in [3.63, 3.8) is 0 Å². The Morgan fingerprint density at radius 1 is 1.36 bits per heavy atom. The van der Waals surface area contributed by atoms with E-state index in [0.717, 1.165) is 29.9 Å². The molecule has 2 aliphatic rings. The molecule has 1 aromatic heterocycles. The molecule has 2 heterocycles. The summed E-state index contributed by atoms with van der Waals surface area (Å²) in [5, 5.41) is 9.88. The number of rotatable bonds is 3. The average Bonchev–Trinajstić information content (AvgIpc) is 2.93. The third-order valence-electron chi connectivity index (χ3n) is 5.58. The molecule has 2 fully saturated rings. The Morgan fingerprint density at radius 3 is 2.68 bits per heavy atom. The van der Waals surface area contributed by atoms with Crippen molar-refractivity contribution >= 4 is 23.5 Å². The fourth-order valence-electron chi connectivity index (χ4n) is 3.92. The minimum atomic E-state index is -0.838. The third-order valence-corrected chi connectivity index (χ3v) is 5.58. The molecule has 25 heavy (non-hydrogen) atoms. The number of aromatic nitrogens is 2. The summed E-state index contributed by atoms with van der Waals surface area (Å²) in [5.74, 6) is -0.601. The molecule has 2 atom stereocenters. The normalized spacial score (nSPS) is 26.2. The lowest BCUT2D eigenvalue weighted by atomic mass is 9.73. The van der Waals surface area contributed by atoms with Crippen LogP contribution in [-0.2, 0) is 16.6 Å². The van der Waals surface area contributed by atoms with Gasteiger partial charge in [-0.3, -0.25) is 19.2 Å². The second kappa shape index (κ2) is 6.16. The Hall–Kier alpha value is -2.38. The van der Waals surface area contributed by atoms with Gasteiger partial charge in [-0.05, 0) is 32.6 Å². The molecule has 1 aromatic rings. The van der Waals surface area contributed by atoms with E-state index < -0.39 is 17.5 Å². The van der Waals surface area contributed by atoms with E-state index >= 15 is 0 Å². The van der Waals surface area contributed by atoms with Crippen molar-refractivity contribution in [1.82, 2.24) is 20.0 Å². The summed E-state index contributed by atoms with van der Waals surface area (Å²) in [5.41, 5.74) is 1.30. The summed E-state index contributed by atoms with van der Waals surface area (Å²) in [6.07, 6.45) is 3.51. The van der Waals surface area contributed by atoms with Gasteiger partial charge in [0.05, 0.1) is 17.1 Å². The smallest absolute Gasteiger partial charge is 0.323 e. The number of aryl methyl sites for hydroxylation is 2. The molecule has 3 rings (SSSR count). The zero-order valence-corrected chi connectivity index (χ0v) is 15.2. The van der Waals surface area contributed by atoms with Crippen molar-refractivity contribution in [2.75, 3.05) is 11.9 Å². The molecule has 136 valence electrons. The summed E-state index contributed by atoms with van der Waals surface area (Å²) < 4.78 is 1.68. The summed E-state index contributed by atoms with van der Waals surface area (Å²) in [6, 6.07) is -0.478. The molecule has 4 amide bonds. The highest BCUT2D eigenvalue weighted by Crippen LogP contribution is 2.38. The van der Waals surface area contributed by atoms with Crippen LogP contribution in [0.1, 0.15) is 44.0 Å². The van der Waals surface area contributed by atoms with Gasteiger partial charge in [-0.25, -0.2) is 4.79 Å². The maximum absolute atomic E-state index is 12.9. The predicted octanol–water partition coefficient (Wildman–Crippen LogP) is 1.48. The lowest BCUT2D eigenvalue weighted by Gasteiger charge is -2.36. The number of carbonyl (C=O) groups is 3. The second-order valence-corrected chi connectivity index (χ2v) is 7.16. The van der Waals surface area contributed by atoms with Crippen LogP contribution in [0.3, 0.4) is 0 Å². The van der Waals surface area contributed by atoms with E-state index in [4.69, 9.17) is 0 Å². The van der Waals surface area contributed by atoms with Gasteiger partial charge in [-0.15, -0.1) is 0 Å². The van der Waals surface area contributed by atoms with Crippen LogP contribution in [0.4, 0.5) is 10.5 Å². The SMILES string of the molecule is Cc1nn(C)c(C)c1NC(=O)CN1C(=O)N[C@]2(CCCC[C@@H]2C)C1=O. The van der Waals surface area contributed by atoms with Crippen LogP contribution in [0.15, 0.2) is 0 Å². The molecule has 0 radical (unpaired) electrons. The number of carbonyl (C=O) groups excluding carboxylic acids is 3. The summed E-state index contributed by atoms with van der Waals surface area (Å²) in [6.45, 7) is 5.35. The van der Waals surface area contributed by atoms with Gasteiger partial charge in [0.15, 0.2) is 0 Å². The zero-order valence-electron chi connectivity index (χ0n) is 15.2. The van der Waals surface area contributed by atoms with E-state index in [0.29, 0.717) is 17.8 Å². The van der Waals surface area contributed by atoms with Gasteiger partial charge in [-0.1, -0.05) is 19.8 Å². The Balaban J connectivity index is 1.73. The van der Waals surface area contributed by atoms with Gasteiger partial charge in [0.2, 0.25) is 5.91 Å². The molecule has 1 aliphatic heterocycles. The minimum absolute atomic E-state index is 0.0774. The Labute approximate surface area is 146 Å². The van der Waals surface area contributed by atoms with Crippen molar-refractivity contribution in [3.05, 3.63) is 11.4 Å². The molecular weight excluding hydrogens is 322 g/mol. The molecule has 2 N–H and O–H groups in total. The quantitative estimate of drug-likeness (QED) is 0.810. The van der Waals surface area contributed by atoms with E-state index in [2.05, 4.69) is 15.7 Å². The standard InChI is InChI=1S/C17H25N5O3/c1-10-7-5-6-8-17(10)15(24)22(16(25)19-17)9-13(23)18-14-11(2)20-21(4)12(14)3/h10H,5-9H2,1-4H3,(H,18,23)(H,19,25)/t10-,17-/m0/s1. The molecule has 1 aliphatic carbocycles. The van der Waals surface area contributed by atoms with E-state index in [1.165, 1.54) is 0 Å². The summed E-state index contributed by atoms with van der Waals surface area (Å²) >= 11 is 0. The molecule has 0 bridgehead atoms. The number of imide groups is 1. The number of hydrogen-bond acceptors (Lipinski definition) is 4. The van der Waals surface area contributed by atoms with Crippen LogP contribution in [0.2, 0.25) is 0 Å². The van der Waals surface area contributed by atoms with Gasteiger partial charge in [-0.2, -0.15) is 5.10 Å². The average molecular weight is 347 g/mol. The van der Waals surface area contributed by atoms with Crippen molar-refractivity contribution in [3.8, 4) is 0 Å². The zero-order chi connectivity index (χ0) is 18.4. The lowest BCUT2D eigenvalue weighted by Crippen LogP contribution is -2.54. The van der Waals surface area contributed by atoms with Crippen LogP contribution in [-0.4, -0.2) is 44.6 Å². The summed E-state index contributed by atoms with van der Waals surface area (Å²) in [7, 11) is 1.80. The minimum Gasteiger partial charge on any atom is -0.323 e. The second-order valence-electron chi connectivity index (χ2n) is 7.16. The van der Waals surface area contributed by atoms with Crippen LogP contribution in [0, 0.1) is 19.8 Å². The fourth-order valence-corrected chi connectivity index (χ4v) is 3.92. The first-order valence-electron chi connectivity index (χ1n) is 8.70. The molecule has 1 spiro atoms. The van der Waals surface area contributed by atoms with Crippen molar-refractivity contribution in [2.24, 2.45) is 13.0 Å². The number of hydrogen-bond donors (Lipinski definition) is 2. The van der Waals surface area contributed by atoms with Crippen LogP contribution in [0.5, 0.6) is 0 Å². The number of nitrogens with one attached hydrogen (secondary N) is 2.